The van der Waals surface area contributed by atoms with Crippen molar-refractivity contribution in [2.45, 2.75) is 37.8 Å². The van der Waals surface area contributed by atoms with Crippen molar-refractivity contribution in [3.05, 3.63) is 46.7 Å². The molecule has 1 aromatic heterocycles. The summed E-state index contributed by atoms with van der Waals surface area (Å²) in [6.07, 6.45) is 6.44. The first-order valence-electron chi connectivity index (χ1n) is 10.5. The number of rotatable bonds is 6. The van der Waals surface area contributed by atoms with Gasteiger partial charge in [-0.25, -0.2) is 9.97 Å². The number of halogens is 2. The van der Waals surface area contributed by atoms with Gasteiger partial charge < -0.3 is 20.1 Å². The molecule has 0 radical (unpaired) electrons. The number of benzene rings is 2. The average Bonchev–Trinajstić information content (AvgIpc) is 3.12. The molecule has 2 aliphatic rings. The summed E-state index contributed by atoms with van der Waals surface area (Å²) in [5.74, 6) is 2.59. The second-order valence-corrected chi connectivity index (χ2v) is 9.10. The predicted molar refractivity (Wildman–Crippen MR) is 124 cm³/mol. The Balaban J connectivity index is 1.38. The second-order valence-electron chi connectivity index (χ2n) is 8.28. The minimum atomic E-state index is 0.477. The summed E-state index contributed by atoms with van der Waals surface area (Å²) in [6, 6.07) is 10.5. The number of hydrogen-bond donors (Lipinski definition) is 2. The highest BCUT2D eigenvalue weighted by Gasteiger charge is 2.33. The van der Waals surface area contributed by atoms with Crippen LogP contribution in [0.2, 0.25) is 10.0 Å². The van der Waals surface area contributed by atoms with E-state index >= 15 is 0 Å². The average molecular weight is 459 g/mol. The van der Waals surface area contributed by atoms with E-state index < -0.39 is 0 Å². The Morgan fingerprint density at radius 3 is 2.58 bits per heavy atom. The summed E-state index contributed by atoms with van der Waals surface area (Å²) in [5, 5.41) is 8.78. The molecule has 0 spiro atoms. The van der Waals surface area contributed by atoms with E-state index in [0.717, 1.165) is 16.6 Å². The van der Waals surface area contributed by atoms with E-state index in [0.29, 0.717) is 52.0 Å². The van der Waals surface area contributed by atoms with Crippen LogP contribution < -0.4 is 20.1 Å². The van der Waals surface area contributed by atoms with Gasteiger partial charge in [-0.1, -0.05) is 23.2 Å². The van der Waals surface area contributed by atoms with E-state index in [-0.39, 0.29) is 0 Å². The number of nitrogens with one attached hydrogen (secondary N) is 2. The van der Waals surface area contributed by atoms with Crippen LogP contribution in [0, 0.1) is 5.92 Å². The van der Waals surface area contributed by atoms with Crippen molar-refractivity contribution in [3.8, 4) is 11.5 Å². The fraction of sp³-hybridized carbons (Fsp3) is 0.391. The second kappa shape index (κ2) is 8.69. The van der Waals surface area contributed by atoms with Crippen molar-refractivity contribution in [2.24, 2.45) is 5.92 Å². The molecule has 8 heteroatoms. The standard InChI is InChI=1S/C23H24Cl2N4O2/c1-30-21-9-17-20(10-22(21)31-11-13-6-14-2-3-15(7-13)28-14)26-12-27-23(17)29-16-4-5-18(24)19(25)8-16/h4-5,8-10,12-15,28H,2-3,6-7,11H2,1H3,(H,26,27,29)/t13-,14+,15-. The third-order valence-corrected chi connectivity index (χ3v) is 6.89. The lowest BCUT2D eigenvalue weighted by Crippen LogP contribution is -2.39. The van der Waals surface area contributed by atoms with Crippen molar-refractivity contribution in [3.63, 3.8) is 0 Å². The van der Waals surface area contributed by atoms with Gasteiger partial charge in [0, 0.05) is 29.2 Å². The van der Waals surface area contributed by atoms with Crippen LogP contribution in [0.5, 0.6) is 11.5 Å². The lowest BCUT2D eigenvalue weighted by molar-refractivity contribution is 0.185. The van der Waals surface area contributed by atoms with E-state index in [1.54, 1.807) is 19.2 Å². The fourth-order valence-corrected chi connectivity index (χ4v) is 4.96. The summed E-state index contributed by atoms with van der Waals surface area (Å²) in [7, 11) is 1.65. The maximum atomic E-state index is 6.22. The molecule has 0 aliphatic carbocycles. The lowest BCUT2D eigenvalue weighted by atomic mass is 9.93. The van der Waals surface area contributed by atoms with Gasteiger partial charge in [-0.15, -0.1) is 0 Å². The zero-order chi connectivity index (χ0) is 21.4. The monoisotopic (exact) mass is 458 g/mol. The molecule has 2 fully saturated rings. The largest absolute Gasteiger partial charge is 0.493 e. The highest BCUT2D eigenvalue weighted by atomic mass is 35.5. The summed E-state index contributed by atoms with van der Waals surface area (Å²) >= 11 is 12.2. The van der Waals surface area contributed by atoms with E-state index in [2.05, 4.69) is 20.6 Å². The molecular formula is C23H24Cl2N4O2. The fourth-order valence-electron chi connectivity index (χ4n) is 4.67. The Morgan fingerprint density at radius 1 is 1.03 bits per heavy atom. The van der Waals surface area contributed by atoms with Gasteiger partial charge in [0.25, 0.3) is 0 Å². The molecule has 0 saturated carbocycles. The molecule has 2 aromatic carbocycles. The Kier molecular flexibility index (Phi) is 5.78. The molecule has 162 valence electrons. The molecule has 31 heavy (non-hydrogen) atoms. The van der Waals surface area contributed by atoms with Crippen LogP contribution in [0.1, 0.15) is 25.7 Å². The normalized spacial score (nSPS) is 22.5. The number of piperidine rings is 1. The van der Waals surface area contributed by atoms with Crippen molar-refractivity contribution in [2.75, 3.05) is 19.0 Å². The van der Waals surface area contributed by atoms with Crippen molar-refractivity contribution >= 4 is 45.6 Å². The third kappa shape index (κ3) is 4.38. The molecular weight excluding hydrogens is 435 g/mol. The summed E-state index contributed by atoms with van der Waals surface area (Å²) in [4.78, 5) is 8.84. The molecule has 5 rings (SSSR count). The Hall–Kier alpha value is -2.28. The van der Waals surface area contributed by atoms with Gasteiger partial charge in [0.1, 0.15) is 12.1 Å². The molecule has 3 heterocycles. The van der Waals surface area contributed by atoms with Gasteiger partial charge in [-0.05, 0) is 55.9 Å². The molecule has 2 bridgehead atoms. The number of anilines is 2. The van der Waals surface area contributed by atoms with Crippen LogP contribution >= 0.6 is 23.2 Å². The van der Waals surface area contributed by atoms with E-state index in [1.165, 1.54) is 32.0 Å². The van der Waals surface area contributed by atoms with E-state index in [9.17, 15) is 0 Å². The predicted octanol–water partition coefficient (Wildman–Crippen LogP) is 5.60. The molecule has 0 unspecified atom stereocenters. The molecule has 2 N–H and O–H groups in total. The van der Waals surface area contributed by atoms with Gasteiger partial charge in [0.05, 0.1) is 29.3 Å². The SMILES string of the molecule is COc1cc2c(Nc3ccc(Cl)c(Cl)c3)ncnc2cc1OC[C@H]1C[C@H]2CC[C@@H](C1)N2. The van der Waals surface area contributed by atoms with Crippen LogP contribution in [0.25, 0.3) is 10.9 Å². The van der Waals surface area contributed by atoms with Crippen LogP contribution in [0.4, 0.5) is 11.5 Å². The highest BCUT2D eigenvalue weighted by Crippen LogP contribution is 2.37. The Bertz CT molecular complexity index is 1100. The quantitative estimate of drug-likeness (QED) is 0.500. The topological polar surface area (TPSA) is 68.3 Å². The van der Waals surface area contributed by atoms with Crippen LogP contribution in [-0.2, 0) is 0 Å². The van der Waals surface area contributed by atoms with Crippen molar-refractivity contribution in [1.29, 1.82) is 0 Å². The highest BCUT2D eigenvalue weighted by molar-refractivity contribution is 6.42. The number of fused-ring (bicyclic) bond motifs is 3. The Morgan fingerprint density at radius 2 is 1.84 bits per heavy atom. The zero-order valence-electron chi connectivity index (χ0n) is 17.2. The number of aromatic nitrogens is 2. The van der Waals surface area contributed by atoms with Gasteiger partial charge in [0.15, 0.2) is 11.5 Å². The maximum absolute atomic E-state index is 6.22. The van der Waals surface area contributed by atoms with Crippen LogP contribution in [0.15, 0.2) is 36.7 Å². The smallest absolute Gasteiger partial charge is 0.163 e. The molecule has 2 aliphatic heterocycles. The summed E-state index contributed by atoms with van der Waals surface area (Å²) in [5.41, 5.74) is 1.56. The number of methoxy groups -OCH3 is 1. The van der Waals surface area contributed by atoms with Crippen LogP contribution in [-0.4, -0.2) is 35.8 Å². The number of nitrogens with zero attached hydrogens (tertiary/aromatic N) is 2. The summed E-state index contributed by atoms with van der Waals surface area (Å²) in [6.45, 7) is 0.690. The zero-order valence-corrected chi connectivity index (χ0v) is 18.7. The minimum Gasteiger partial charge on any atom is -0.493 e. The first-order valence-corrected chi connectivity index (χ1v) is 11.3. The van der Waals surface area contributed by atoms with Crippen molar-refractivity contribution < 1.29 is 9.47 Å². The molecule has 0 amide bonds. The van der Waals surface area contributed by atoms with Crippen molar-refractivity contribution in [1.82, 2.24) is 15.3 Å². The molecule has 2 saturated heterocycles. The van der Waals surface area contributed by atoms with Gasteiger partial charge >= 0.3 is 0 Å². The maximum Gasteiger partial charge on any atom is 0.163 e. The van der Waals surface area contributed by atoms with Gasteiger partial charge in [0.2, 0.25) is 0 Å². The first kappa shape index (κ1) is 20.6. The summed E-state index contributed by atoms with van der Waals surface area (Å²) < 4.78 is 11.9. The molecule has 3 atom stereocenters. The first-order chi connectivity index (χ1) is 15.1. The van der Waals surface area contributed by atoms with Crippen LogP contribution in [0.3, 0.4) is 0 Å². The number of ether oxygens (including phenoxy) is 2. The minimum absolute atomic E-state index is 0.477. The van der Waals surface area contributed by atoms with E-state index in [4.69, 9.17) is 32.7 Å². The lowest BCUT2D eigenvalue weighted by Gasteiger charge is -2.29. The molecule has 3 aromatic rings. The number of hydrogen-bond acceptors (Lipinski definition) is 6. The van der Waals surface area contributed by atoms with Gasteiger partial charge in [-0.3, -0.25) is 0 Å². The van der Waals surface area contributed by atoms with Gasteiger partial charge in [-0.2, -0.15) is 0 Å². The molecule has 6 nitrogen and oxygen atoms in total. The Labute approximate surface area is 191 Å². The van der Waals surface area contributed by atoms with E-state index in [1.807, 2.05) is 18.2 Å². The third-order valence-electron chi connectivity index (χ3n) is 6.15.